The van der Waals surface area contributed by atoms with Crippen LogP contribution in [0.2, 0.25) is 0 Å². The van der Waals surface area contributed by atoms with Gasteiger partial charge in [0, 0.05) is 24.5 Å². The summed E-state index contributed by atoms with van der Waals surface area (Å²) in [6, 6.07) is 3.54. The Kier molecular flexibility index (Phi) is 6.01. The van der Waals surface area contributed by atoms with E-state index in [1.165, 1.54) is 0 Å². The molecule has 0 radical (unpaired) electrons. The van der Waals surface area contributed by atoms with E-state index < -0.39 is 0 Å². The van der Waals surface area contributed by atoms with E-state index in [2.05, 4.69) is 16.9 Å². The van der Waals surface area contributed by atoms with Crippen LogP contribution in [0.5, 0.6) is 11.5 Å². The molecule has 2 aromatic rings. The molecular weight excluding hydrogens is 306 g/mol. The number of allylic oxidation sites excluding steroid dienone is 1. The number of hydrogen-bond acceptors (Lipinski definition) is 4. The monoisotopic (exact) mass is 329 g/mol. The lowest BCUT2D eigenvalue weighted by molar-refractivity contribution is -0.124. The molecule has 6 heteroatoms. The Morgan fingerprint density at radius 3 is 2.79 bits per heavy atom. The minimum absolute atomic E-state index is 0.0759. The molecule has 24 heavy (non-hydrogen) atoms. The fourth-order valence-electron chi connectivity index (χ4n) is 2.49. The van der Waals surface area contributed by atoms with E-state index in [1.807, 2.05) is 19.1 Å². The van der Waals surface area contributed by atoms with Gasteiger partial charge in [-0.1, -0.05) is 6.08 Å². The van der Waals surface area contributed by atoms with Crippen LogP contribution in [0, 0.1) is 0 Å². The molecule has 0 bridgehead atoms. The van der Waals surface area contributed by atoms with Crippen molar-refractivity contribution in [3.8, 4) is 11.5 Å². The highest BCUT2D eigenvalue weighted by molar-refractivity contribution is 5.79. The molecule has 0 aliphatic carbocycles. The van der Waals surface area contributed by atoms with Crippen molar-refractivity contribution >= 4 is 5.91 Å². The zero-order chi connectivity index (χ0) is 17.5. The van der Waals surface area contributed by atoms with Crippen LogP contribution < -0.4 is 14.8 Å². The average molecular weight is 329 g/mol. The summed E-state index contributed by atoms with van der Waals surface area (Å²) in [5, 5.41) is 2.94. The minimum atomic E-state index is -0.319. The molecular formula is C18H23N3O3. The Balaban J connectivity index is 2.13. The number of methoxy groups -OCH3 is 2. The third kappa shape index (κ3) is 3.95. The number of amides is 1. The number of carbonyl (C=O) groups excluding carboxylic acids is 1. The zero-order valence-corrected chi connectivity index (χ0v) is 14.3. The normalized spacial score (nSPS) is 11.6. The van der Waals surface area contributed by atoms with Crippen LogP contribution >= 0.6 is 0 Å². The molecule has 128 valence electrons. The van der Waals surface area contributed by atoms with Crippen LogP contribution in [0.3, 0.4) is 0 Å². The standard InChI is InChI=1S/C18H23N3O3/c1-5-6-15-9-14(10-16(23-3)17(15)24-4)11-20-18(22)13(2)21-8-7-19-12-21/h5,7-10,12-13H,1,6,11H2,2-4H3,(H,20,22)/t13-/m1/s1. The van der Waals surface area contributed by atoms with Gasteiger partial charge >= 0.3 is 0 Å². The highest BCUT2D eigenvalue weighted by Gasteiger charge is 2.15. The van der Waals surface area contributed by atoms with E-state index in [-0.39, 0.29) is 11.9 Å². The Hall–Kier alpha value is -2.76. The summed E-state index contributed by atoms with van der Waals surface area (Å²) in [4.78, 5) is 16.2. The molecule has 0 spiro atoms. The van der Waals surface area contributed by atoms with Crippen LogP contribution in [-0.2, 0) is 17.8 Å². The van der Waals surface area contributed by atoms with E-state index in [9.17, 15) is 4.79 Å². The predicted molar refractivity (Wildman–Crippen MR) is 92.2 cm³/mol. The largest absolute Gasteiger partial charge is 0.493 e. The van der Waals surface area contributed by atoms with E-state index in [1.54, 1.807) is 43.6 Å². The van der Waals surface area contributed by atoms with Crippen molar-refractivity contribution < 1.29 is 14.3 Å². The SMILES string of the molecule is C=CCc1cc(CNC(=O)[C@@H](C)n2ccnc2)cc(OC)c1OC. The van der Waals surface area contributed by atoms with Gasteiger partial charge in [0.25, 0.3) is 0 Å². The zero-order valence-electron chi connectivity index (χ0n) is 14.3. The summed E-state index contributed by atoms with van der Waals surface area (Å²) in [7, 11) is 3.21. The molecule has 6 nitrogen and oxygen atoms in total. The van der Waals surface area contributed by atoms with Gasteiger partial charge in [-0.15, -0.1) is 6.58 Å². The van der Waals surface area contributed by atoms with Crippen molar-refractivity contribution in [1.29, 1.82) is 0 Å². The van der Waals surface area contributed by atoms with Crippen LogP contribution in [0.15, 0.2) is 43.5 Å². The lowest BCUT2D eigenvalue weighted by Gasteiger charge is -2.16. The van der Waals surface area contributed by atoms with Gasteiger partial charge in [0.1, 0.15) is 6.04 Å². The maximum atomic E-state index is 12.3. The van der Waals surface area contributed by atoms with Crippen molar-refractivity contribution in [2.45, 2.75) is 25.9 Å². The quantitative estimate of drug-likeness (QED) is 0.756. The second-order valence-corrected chi connectivity index (χ2v) is 5.39. The second kappa shape index (κ2) is 8.19. The van der Waals surface area contributed by atoms with Gasteiger partial charge in [0.2, 0.25) is 5.91 Å². The number of nitrogens with zero attached hydrogens (tertiary/aromatic N) is 2. The van der Waals surface area contributed by atoms with Crippen LogP contribution in [0.25, 0.3) is 0 Å². The molecule has 0 fully saturated rings. The first kappa shape index (κ1) is 17.6. The molecule has 0 saturated carbocycles. The molecule has 1 heterocycles. The van der Waals surface area contributed by atoms with Crippen molar-refractivity contribution in [3.05, 3.63) is 54.6 Å². The van der Waals surface area contributed by atoms with Crippen LogP contribution in [-0.4, -0.2) is 29.7 Å². The third-order valence-electron chi connectivity index (χ3n) is 3.80. The smallest absolute Gasteiger partial charge is 0.243 e. The van der Waals surface area contributed by atoms with E-state index in [4.69, 9.17) is 9.47 Å². The molecule has 2 rings (SSSR count). The summed E-state index contributed by atoms with van der Waals surface area (Å²) in [5.74, 6) is 1.26. The van der Waals surface area contributed by atoms with Crippen LogP contribution in [0.4, 0.5) is 0 Å². The number of nitrogens with one attached hydrogen (secondary N) is 1. The van der Waals surface area contributed by atoms with Crippen LogP contribution in [0.1, 0.15) is 24.1 Å². The number of benzene rings is 1. The first-order chi connectivity index (χ1) is 11.6. The van der Waals surface area contributed by atoms with Gasteiger partial charge in [0.05, 0.1) is 20.5 Å². The summed E-state index contributed by atoms with van der Waals surface area (Å²) < 4.78 is 12.6. The summed E-state index contributed by atoms with van der Waals surface area (Å²) >= 11 is 0. The predicted octanol–water partition coefficient (Wildman–Crippen LogP) is 2.51. The number of ether oxygens (including phenoxy) is 2. The van der Waals surface area contributed by atoms with Gasteiger partial charge in [-0.25, -0.2) is 4.98 Å². The molecule has 0 unspecified atom stereocenters. The lowest BCUT2D eigenvalue weighted by Crippen LogP contribution is -2.30. The van der Waals surface area contributed by atoms with Gasteiger partial charge in [-0.05, 0) is 31.0 Å². The number of hydrogen-bond donors (Lipinski definition) is 1. The van der Waals surface area contributed by atoms with Crippen molar-refractivity contribution in [2.75, 3.05) is 14.2 Å². The van der Waals surface area contributed by atoms with Crippen molar-refractivity contribution in [3.63, 3.8) is 0 Å². The Morgan fingerprint density at radius 2 is 2.21 bits per heavy atom. The molecule has 1 amide bonds. The fraction of sp³-hybridized carbons (Fsp3) is 0.333. The average Bonchev–Trinajstić information content (AvgIpc) is 3.13. The van der Waals surface area contributed by atoms with Crippen molar-refractivity contribution in [1.82, 2.24) is 14.9 Å². The Morgan fingerprint density at radius 1 is 1.42 bits per heavy atom. The molecule has 0 aliphatic rings. The number of imidazole rings is 1. The number of carbonyl (C=O) groups is 1. The summed E-state index contributed by atoms with van der Waals surface area (Å²) in [5.41, 5.74) is 1.91. The molecule has 1 N–H and O–H groups in total. The fourth-order valence-corrected chi connectivity index (χ4v) is 2.49. The summed E-state index contributed by atoms with van der Waals surface area (Å²) in [6.45, 7) is 6.00. The topological polar surface area (TPSA) is 65.4 Å². The maximum absolute atomic E-state index is 12.3. The van der Waals surface area contributed by atoms with E-state index in [0.717, 1.165) is 11.1 Å². The van der Waals surface area contributed by atoms with Gasteiger partial charge in [-0.2, -0.15) is 0 Å². The van der Waals surface area contributed by atoms with E-state index >= 15 is 0 Å². The summed E-state index contributed by atoms with van der Waals surface area (Å²) in [6.07, 6.45) is 7.51. The Labute approximate surface area is 142 Å². The van der Waals surface area contributed by atoms with Crippen molar-refractivity contribution in [2.24, 2.45) is 0 Å². The lowest BCUT2D eigenvalue weighted by atomic mass is 10.1. The first-order valence-electron chi connectivity index (χ1n) is 7.70. The molecule has 0 aliphatic heterocycles. The van der Waals surface area contributed by atoms with Gasteiger partial charge in [0.15, 0.2) is 11.5 Å². The van der Waals surface area contributed by atoms with Gasteiger partial charge in [-0.3, -0.25) is 4.79 Å². The first-order valence-corrected chi connectivity index (χ1v) is 7.70. The minimum Gasteiger partial charge on any atom is -0.493 e. The maximum Gasteiger partial charge on any atom is 0.243 e. The Bertz CT molecular complexity index is 696. The van der Waals surface area contributed by atoms with E-state index in [0.29, 0.717) is 24.5 Å². The third-order valence-corrected chi connectivity index (χ3v) is 3.80. The molecule has 0 saturated heterocycles. The molecule has 1 atom stereocenters. The number of aromatic nitrogens is 2. The molecule has 1 aromatic heterocycles. The van der Waals surface area contributed by atoms with Gasteiger partial charge < -0.3 is 19.4 Å². The highest BCUT2D eigenvalue weighted by atomic mass is 16.5. The highest BCUT2D eigenvalue weighted by Crippen LogP contribution is 2.33. The number of rotatable bonds is 8. The molecule has 1 aromatic carbocycles. The second-order valence-electron chi connectivity index (χ2n) is 5.39.